The molecule has 0 aliphatic heterocycles. The Morgan fingerprint density at radius 2 is 1.92 bits per heavy atom. The summed E-state index contributed by atoms with van der Waals surface area (Å²) in [6.07, 6.45) is 0. The molecule has 0 N–H and O–H groups in total. The lowest BCUT2D eigenvalue weighted by atomic mass is 11.3. The molecule has 0 unspecified atom stereocenters. The minimum absolute atomic E-state index is 0.545. The Hall–Kier alpha value is 0.528. The van der Waals surface area contributed by atoms with E-state index in [0.29, 0.717) is 9.76 Å². The second kappa shape index (κ2) is 5.42. The van der Waals surface area contributed by atoms with Gasteiger partial charge in [0.1, 0.15) is 0 Å². The molecule has 0 amide bonds. The van der Waals surface area contributed by atoms with Crippen molar-refractivity contribution in [2.75, 3.05) is 0 Å². The first kappa shape index (κ1) is 13.5. The Balaban J connectivity index is 3.74. The van der Waals surface area contributed by atoms with Crippen molar-refractivity contribution in [3.63, 3.8) is 0 Å². The fraction of sp³-hybridized carbons (Fsp3) is 0.714. The molecule has 0 saturated heterocycles. The van der Waals surface area contributed by atoms with E-state index in [0.717, 1.165) is 5.67 Å². The Kier molecular flexibility index (Phi) is 5.64. The highest BCUT2D eigenvalue weighted by Gasteiger charge is 2.23. The van der Waals surface area contributed by atoms with Gasteiger partial charge in [-0.25, -0.2) is 0 Å². The van der Waals surface area contributed by atoms with Crippen molar-refractivity contribution >= 4 is 36.9 Å². The summed E-state index contributed by atoms with van der Waals surface area (Å²) >= 11 is 0. The Morgan fingerprint density at radius 1 is 1.38 bits per heavy atom. The summed E-state index contributed by atoms with van der Waals surface area (Å²) in [7, 11) is 0.599. The van der Waals surface area contributed by atoms with E-state index in [1.165, 1.54) is 0 Å². The van der Waals surface area contributed by atoms with Gasteiger partial charge in [-0.3, -0.25) is 0 Å². The van der Waals surface area contributed by atoms with Crippen molar-refractivity contribution in [3.05, 3.63) is 12.3 Å². The molecule has 0 bridgehead atoms. The molecular formula is C7H17O2Si4. The standard InChI is InChI=1S/C7H17O2Si4/c1-6-12(2,3)9-11-7-13(4,5)8-10/h6H,1,7H2,2-5H3. The van der Waals surface area contributed by atoms with Crippen molar-refractivity contribution in [3.8, 4) is 0 Å². The molecule has 0 aliphatic carbocycles. The van der Waals surface area contributed by atoms with Gasteiger partial charge in [-0.1, -0.05) is 5.70 Å². The molecule has 0 aromatic heterocycles. The van der Waals surface area contributed by atoms with Crippen LogP contribution in [0.25, 0.3) is 0 Å². The Morgan fingerprint density at radius 3 is 2.31 bits per heavy atom. The summed E-state index contributed by atoms with van der Waals surface area (Å²) in [4.78, 5) is 0. The fourth-order valence-corrected chi connectivity index (χ4v) is 5.56. The second-order valence-corrected chi connectivity index (χ2v) is 14.6. The lowest BCUT2D eigenvalue weighted by Gasteiger charge is -2.23. The van der Waals surface area contributed by atoms with Crippen molar-refractivity contribution in [1.29, 1.82) is 0 Å². The van der Waals surface area contributed by atoms with Crippen LogP contribution < -0.4 is 0 Å². The van der Waals surface area contributed by atoms with E-state index >= 15 is 0 Å². The number of hydrogen-bond donors (Lipinski definition) is 0. The highest BCUT2D eigenvalue weighted by molar-refractivity contribution is 6.84. The zero-order valence-corrected chi connectivity index (χ0v) is 12.8. The fourth-order valence-electron chi connectivity index (χ4n) is 0.474. The average molecular weight is 246 g/mol. The van der Waals surface area contributed by atoms with Crippen LogP contribution in [0.1, 0.15) is 0 Å². The third-order valence-corrected chi connectivity index (χ3v) is 11.5. The third kappa shape index (κ3) is 6.58. The minimum atomic E-state index is -1.56. The first-order chi connectivity index (χ1) is 5.83. The van der Waals surface area contributed by atoms with Gasteiger partial charge in [0.2, 0.25) is 20.2 Å². The minimum Gasteiger partial charge on any atom is -0.457 e. The Labute approximate surface area is 89.5 Å². The van der Waals surface area contributed by atoms with E-state index < -0.39 is 16.6 Å². The van der Waals surface area contributed by atoms with Crippen LogP contribution >= 0.6 is 0 Å². The molecule has 13 heavy (non-hydrogen) atoms. The topological polar surface area (TPSA) is 18.5 Å². The SMILES string of the molecule is C=C[Si](C)(C)O[Si]C[Si](C)(C)O[Si]. The molecule has 0 aliphatic rings. The maximum Gasteiger partial charge on any atom is 0.230 e. The van der Waals surface area contributed by atoms with E-state index in [-0.39, 0.29) is 0 Å². The zero-order valence-electron chi connectivity index (χ0n) is 8.81. The summed E-state index contributed by atoms with van der Waals surface area (Å²) in [5, 5.41) is 0. The van der Waals surface area contributed by atoms with Gasteiger partial charge in [-0.15, -0.1) is 6.58 Å². The quantitative estimate of drug-likeness (QED) is 0.665. The second-order valence-electron chi connectivity index (χ2n) is 4.09. The molecule has 0 rings (SSSR count). The summed E-state index contributed by atoms with van der Waals surface area (Å²) < 4.78 is 11.0. The summed E-state index contributed by atoms with van der Waals surface area (Å²) in [6, 6.07) is 0. The Bertz CT molecular complexity index is 170. The molecule has 0 spiro atoms. The van der Waals surface area contributed by atoms with Gasteiger partial charge in [0.25, 0.3) is 0 Å². The summed E-state index contributed by atoms with van der Waals surface area (Å²) in [5.74, 6) is 0. The van der Waals surface area contributed by atoms with E-state index in [1.54, 1.807) is 0 Å². The van der Waals surface area contributed by atoms with Crippen LogP contribution in [-0.2, 0) is 8.23 Å². The van der Waals surface area contributed by atoms with Crippen LogP contribution in [0.5, 0.6) is 0 Å². The monoisotopic (exact) mass is 245 g/mol. The van der Waals surface area contributed by atoms with Crippen LogP contribution in [0.4, 0.5) is 0 Å². The van der Waals surface area contributed by atoms with E-state index in [2.05, 4.69) is 43.3 Å². The van der Waals surface area contributed by atoms with Gasteiger partial charge in [-0.2, -0.15) is 0 Å². The highest BCUT2D eigenvalue weighted by atomic mass is 28.4. The first-order valence-electron chi connectivity index (χ1n) is 4.22. The maximum absolute atomic E-state index is 5.80. The van der Waals surface area contributed by atoms with Crippen molar-refractivity contribution in [1.82, 2.24) is 0 Å². The molecule has 0 atom stereocenters. The average Bonchev–Trinajstić information content (AvgIpc) is 2.04. The predicted molar refractivity (Wildman–Crippen MR) is 63.6 cm³/mol. The van der Waals surface area contributed by atoms with Gasteiger partial charge >= 0.3 is 0 Å². The van der Waals surface area contributed by atoms with Gasteiger partial charge in [0, 0.05) is 0 Å². The van der Waals surface area contributed by atoms with E-state index in [4.69, 9.17) is 8.23 Å². The molecule has 5 radical (unpaired) electrons. The highest BCUT2D eigenvalue weighted by Crippen LogP contribution is 2.11. The molecule has 0 aromatic rings. The molecule has 73 valence electrons. The largest absolute Gasteiger partial charge is 0.457 e. The van der Waals surface area contributed by atoms with Crippen molar-refractivity contribution < 1.29 is 8.23 Å². The number of hydrogen-bond acceptors (Lipinski definition) is 2. The van der Waals surface area contributed by atoms with Crippen molar-refractivity contribution in [2.45, 2.75) is 31.9 Å². The molecule has 0 heterocycles. The smallest absolute Gasteiger partial charge is 0.230 e. The predicted octanol–water partition coefficient (Wildman–Crippen LogP) is 1.82. The van der Waals surface area contributed by atoms with Gasteiger partial charge in [0.15, 0.2) is 16.6 Å². The number of rotatable bonds is 6. The molecule has 6 heteroatoms. The van der Waals surface area contributed by atoms with Crippen molar-refractivity contribution in [2.24, 2.45) is 0 Å². The van der Waals surface area contributed by atoms with Gasteiger partial charge in [-0.05, 0) is 31.9 Å². The van der Waals surface area contributed by atoms with Crippen LogP contribution in [0.15, 0.2) is 12.3 Å². The molecule has 0 aromatic carbocycles. The van der Waals surface area contributed by atoms with Crippen LogP contribution in [0.3, 0.4) is 0 Å². The molecule has 0 fully saturated rings. The summed E-state index contributed by atoms with van der Waals surface area (Å²) in [6.45, 7) is 12.4. The van der Waals surface area contributed by atoms with Crippen LogP contribution in [0, 0.1) is 0 Å². The normalized spacial score (nSPS) is 13.0. The lowest BCUT2D eigenvalue weighted by Crippen LogP contribution is -2.36. The van der Waals surface area contributed by atoms with Gasteiger partial charge in [0.05, 0.1) is 0 Å². The molecule has 2 nitrogen and oxygen atoms in total. The first-order valence-corrected chi connectivity index (χ1v) is 11.8. The van der Waals surface area contributed by atoms with E-state index in [9.17, 15) is 0 Å². The lowest BCUT2D eigenvalue weighted by molar-refractivity contribution is 0.589. The van der Waals surface area contributed by atoms with E-state index in [1.807, 2.05) is 5.70 Å². The molecular weight excluding hydrogens is 228 g/mol. The van der Waals surface area contributed by atoms with Crippen LogP contribution in [-0.4, -0.2) is 36.9 Å². The molecule has 0 saturated carbocycles. The third-order valence-electron chi connectivity index (χ3n) is 1.60. The maximum atomic E-state index is 5.80. The zero-order chi connectivity index (χ0) is 10.5. The van der Waals surface area contributed by atoms with Gasteiger partial charge < -0.3 is 8.23 Å². The summed E-state index contributed by atoms with van der Waals surface area (Å²) in [5.41, 5.74) is 3.00. The van der Waals surface area contributed by atoms with Crippen LogP contribution in [0.2, 0.25) is 31.9 Å².